The highest BCUT2D eigenvalue weighted by Gasteiger charge is 2.29. The summed E-state index contributed by atoms with van der Waals surface area (Å²) in [6, 6.07) is 7.04. The first-order chi connectivity index (χ1) is 8.92. The Bertz CT molecular complexity index is 398. The zero-order valence-electron chi connectivity index (χ0n) is 10.8. The van der Waals surface area contributed by atoms with Gasteiger partial charge in [0.15, 0.2) is 0 Å². The Morgan fingerprint density at radius 3 is 2.42 bits per heavy atom. The molecule has 0 saturated heterocycles. The van der Waals surface area contributed by atoms with Gasteiger partial charge < -0.3 is 5.32 Å². The lowest BCUT2D eigenvalue weighted by Crippen LogP contribution is -2.25. The van der Waals surface area contributed by atoms with E-state index in [1.807, 2.05) is 0 Å². The number of rotatable bonds is 6. The molecule has 1 saturated carbocycles. The molecule has 1 aromatic carbocycles. The van der Waals surface area contributed by atoms with Gasteiger partial charge in [0.25, 0.3) is 0 Å². The first kappa shape index (κ1) is 14.7. The predicted octanol–water partition coefficient (Wildman–Crippen LogP) is 4.58. The van der Waals surface area contributed by atoms with E-state index in [0.717, 1.165) is 11.5 Å². The van der Waals surface area contributed by atoms with Crippen LogP contribution in [-0.2, 0) is 6.54 Å². The van der Waals surface area contributed by atoms with Crippen LogP contribution in [0.3, 0.4) is 0 Å². The molecule has 2 rings (SSSR count). The van der Waals surface area contributed by atoms with Gasteiger partial charge in [0, 0.05) is 17.5 Å². The minimum Gasteiger partial charge on any atom is -0.310 e. The zero-order valence-corrected chi connectivity index (χ0v) is 11.7. The van der Waals surface area contributed by atoms with E-state index in [9.17, 15) is 13.2 Å². The van der Waals surface area contributed by atoms with E-state index in [1.165, 1.54) is 31.4 Å². The number of alkyl halides is 3. The van der Waals surface area contributed by atoms with Crippen molar-refractivity contribution in [3.8, 4) is 0 Å². The molecule has 1 N–H and O–H groups in total. The molecule has 0 aromatic heterocycles. The normalized spacial score (nSPS) is 17.5. The largest absolute Gasteiger partial charge is 0.446 e. The highest BCUT2D eigenvalue weighted by molar-refractivity contribution is 8.00. The van der Waals surface area contributed by atoms with Gasteiger partial charge in [-0.15, -0.1) is 0 Å². The van der Waals surface area contributed by atoms with Crippen molar-refractivity contribution in [2.45, 2.75) is 49.2 Å². The summed E-state index contributed by atoms with van der Waals surface area (Å²) in [4.78, 5) is 0.238. The molecular weight excluding hydrogens is 271 g/mol. The maximum atomic E-state index is 12.2. The van der Waals surface area contributed by atoms with Crippen LogP contribution in [0.4, 0.5) is 13.2 Å². The Labute approximate surface area is 116 Å². The molecular formula is C14H18F3NS. The van der Waals surface area contributed by atoms with Gasteiger partial charge in [0.05, 0.1) is 0 Å². The van der Waals surface area contributed by atoms with E-state index in [0.29, 0.717) is 12.6 Å². The van der Waals surface area contributed by atoms with E-state index in [-0.39, 0.29) is 16.7 Å². The number of thioether (sulfide) groups is 1. The van der Waals surface area contributed by atoms with Gasteiger partial charge in [-0.1, -0.05) is 25.0 Å². The first-order valence-electron chi connectivity index (χ1n) is 6.50. The number of benzene rings is 1. The summed E-state index contributed by atoms with van der Waals surface area (Å²) in [6.07, 6.45) is 3.88. The third-order valence-corrected chi connectivity index (χ3v) is 3.93. The second-order valence-electron chi connectivity index (χ2n) is 5.15. The van der Waals surface area contributed by atoms with Gasteiger partial charge in [0.2, 0.25) is 0 Å². The van der Waals surface area contributed by atoms with Crippen molar-refractivity contribution in [3.63, 3.8) is 0 Å². The Morgan fingerprint density at radius 2 is 1.89 bits per heavy atom. The fourth-order valence-corrected chi connectivity index (χ4v) is 2.58. The molecule has 1 unspecified atom stereocenters. The molecule has 1 nitrogen and oxygen atoms in total. The quantitative estimate of drug-likeness (QED) is 0.769. The second-order valence-corrected chi connectivity index (χ2v) is 6.29. The summed E-state index contributed by atoms with van der Waals surface area (Å²) in [5.41, 5.74) is -3.19. The average molecular weight is 289 g/mol. The van der Waals surface area contributed by atoms with Crippen molar-refractivity contribution >= 4 is 11.8 Å². The Kier molecular flexibility index (Phi) is 4.79. The molecule has 5 heteroatoms. The third-order valence-electron chi connectivity index (χ3n) is 3.20. The number of halogens is 3. The summed E-state index contributed by atoms with van der Waals surface area (Å²) in [5.74, 6) is 0.882. The fraction of sp³-hybridized carbons (Fsp3) is 0.571. The van der Waals surface area contributed by atoms with E-state index < -0.39 is 5.51 Å². The standard InChI is InChI=1S/C14H18F3NS/c1-10(8-11-2-3-11)18-9-12-4-6-13(7-5-12)19-14(15,16)17/h4-7,10-11,18H,2-3,8-9H2,1H3. The molecule has 0 heterocycles. The van der Waals surface area contributed by atoms with Crippen LogP contribution in [0.25, 0.3) is 0 Å². The van der Waals surface area contributed by atoms with Crippen molar-refractivity contribution in [2.75, 3.05) is 0 Å². The summed E-state index contributed by atoms with van der Waals surface area (Å²) in [6.45, 7) is 2.87. The maximum absolute atomic E-state index is 12.2. The third kappa shape index (κ3) is 5.87. The van der Waals surface area contributed by atoms with Gasteiger partial charge in [-0.05, 0) is 48.7 Å². The van der Waals surface area contributed by atoms with Gasteiger partial charge in [-0.25, -0.2) is 0 Å². The molecule has 106 valence electrons. The van der Waals surface area contributed by atoms with Crippen molar-refractivity contribution in [2.24, 2.45) is 5.92 Å². The molecule has 1 aliphatic rings. The van der Waals surface area contributed by atoms with Gasteiger partial charge >= 0.3 is 5.51 Å². The van der Waals surface area contributed by atoms with E-state index in [1.54, 1.807) is 12.1 Å². The number of hydrogen-bond acceptors (Lipinski definition) is 2. The van der Waals surface area contributed by atoms with Crippen LogP contribution in [0.1, 0.15) is 31.7 Å². The molecule has 1 aliphatic carbocycles. The molecule has 19 heavy (non-hydrogen) atoms. The Morgan fingerprint density at radius 1 is 1.26 bits per heavy atom. The second kappa shape index (κ2) is 6.18. The van der Waals surface area contributed by atoms with Gasteiger partial charge in [-0.2, -0.15) is 13.2 Å². The van der Waals surface area contributed by atoms with Crippen LogP contribution < -0.4 is 5.32 Å². The highest BCUT2D eigenvalue weighted by Crippen LogP contribution is 2.36. The molecule has 0 bridgehead atoms. The molecule has 0 aliphatic heterocycles. The smallest absolute Gasteiger partial charge is 0.310 e. The van der Waals surface area contributed by atoms with Crippen LogP contribution in [0.15, 0.2) is 29.2 Å². The van der Waals surface area contributed by atoms with E-state index in [4.69, 9.17) is 0 Å². The lowest BCUT2D eigenvalue weighted by molar-refractivity contribution is -0.0328. The minimum atomic E-state index is -4.21. The lowest BCUT2D eigenvalue weighted by atomic mass is 10.1. The van der Waals surface area contributed by atoms with Gasteiger partial charge in [0.1, 0.15) is 0 Å². The number of hydrogen-bond donors (Lipinski definition) is 1. The molecule has 0 amide bonds. The monoisotopic (exact) mass is 289 g/mol. The number of nitrogens with one attached hydrogen (secondary N) is 1. The molecule has 0 radical (unpaired) electrons. The molecule has 1 fully saturated rings. The summed E-state index contributed by atoms with van der Waals surface area (Å²) < 4.78 is 36.5. The predicted molar refractivity (Wildman–Crippen MR) is 72.0 cm³/mol. The SMILES string of the molecule is CC(CC1CC1)NCc1ccc(SC(F)(F)F)cc1. The zero-order chi connectivity index (χ0) is 13.9. The minimum absolute atomic E-state index is 0.0699. The van der Waals surface area contributed by atoms with Crippen LogP contribution in [0.2, 0.25) is 0 Å². The molecule has 1 atom stereocenters. The summed E-state index contributed by atoms with van der Waals surface area (Å²) >= 11 is -0.0699. The van der Waals surface area contributed by atoms with Crippen LogP contribution in [0, 0.1) is 5.92 Å². The molecule has 1 aromatic rings. The van der Waals surface area contributed by atoms with Crippen LogP contribution in [0.5, 0.6) is 0 Å². The van der Waals surface area contributed by atoms with Crippen molar-refractivity contribution < 1.29 is 13.2 Å². The summed E-state index contributed by atoms with van der Waals surface area (Å²) in [5, 5.41) is 3.41. The highest BCUT2D eigenvalue weighted by atomic mass is 32.2. The topological polar surface area (TPSA) is 12.0 Å². The molecule has 0 spiro atoms. The Hall–Kier alpha value is -0.680. The van der Waals surface area contributed by atoms with Crippen LogP contribution >= 0.6 is 11.8 Å². The van der Waals surface area contributed by atoms with Crippen molar-refractivity contribution in [1.82, 2.24) is 5.32 Å². The first-order valence-corrected chi connectivity index (χ1v) is 7.32. The van der Waals surface area contributed by atoms with Crippen molar-refractivity contribution in [1.29, 1.82) is 0 Å². The van der Waals surface area contributed by atoms with E-state index in [2.05, 4.69) is 12.2 Å². The van der Waals surface area contributed by atoms with E-state index >= 15 is 0 Å². The van der Waals surface area contributed by atoms with Crippen LogP contribution in [-0.4, -0.2) is 11.6 Å². The van der Waals surface area contributed by atoms with Gasteiger partial charge in [-0.3, -0.25) is 0 Å². The fourth-order valence-electron chi connectivity index (χ4n) is 2.04. The lowest BCUT2D eigenvalue weighted by Gasteiger charge is -2.13. The summed E-state index contributed by atoms with van der Waals surface area (Å²) in [7, 11) is 0. The Balaban J connectivity index is 1.77. The maximum Gasteiger partial charge on any atom is 0.446 e. The average Bonchev–Trinajstić information content (AvgIpc) is 3.10. The van der Waals surface area contributed by atoms with Crippen molar-refractivity contribution in [3.05, 3.63) is 29.8 Å².